The Hall–Kier alpha value is -2.22. The summed E-state index contributed by atoms with van der Waals surface area (Å²) in [6.45, 7) is 1.74. The van der Waals surface area contributed by atoms with Gasteiger partial charge in [0.1, 0.15) is 0 Å². The predicted octanol–water partition coefficient (Wildman–Crippen LogP) is -0.467. The minimum absolute atomic E-state index is 0.275. The van der Waals surface area contributed by atoms with Gasteiger partial charge >= 0.3 is 0 Å². The van der Waals surface area contributed by atoms with Crippen molar-refractivity contribution in [2.24, 2.45) is 10.2 Å². The van der Waals surface area contributed by atoms with Crippen molar-refractivity contribution in [3.8, 4) is 0 Å². The number of hydrogen-bond donors (Lipinski definition) is 1. The number of rotatable bonds is 4. The van der Waals surface area contributed by atoms with Gasteiger partial charge in [-0.3, -0.25) is 9.78 Å². The summed E-state index contributed by atoms with van der Waals surface area (Å²) < 4.78 is 0. The SMILES string of the molecule is CC(=N/N=C1\NC(=O)[C@H](CC(=O)[O-])S1)c1ccccn1. The molecule has 2 rings (SSSR count). The summed E-state index contributed by atoms with van der Waals surface area (Å²) in [5.74, 6) is -1.67. The van der Waals surface area contributed by atoms with Crippen LogP contribution in [-0.2, 0) is 9.59 Å². The Bertz CT molecular complexity index is 586. The second-order valence-corrected chi connectivity index (χ2v) is 5.17. The third-order valence-corrected chi connectivity index (χ3v) is 3.53. The van der Waals surface area contributed by atoms with Crippen molar-refractivity contribution in [3.63, 3.8) is 0 Å². The molecule has 0 aromatic carbocycles. The Balaban J connectivity index is 2.06. The molecule has 1 N–H and O–H groups in total. The number of nitrogens with zero attached hydrogens (tertiary/aromatic N) is 3. The van der Waals surface area contributed by atoms with E-state index in [0.717, 1.165) is 11.8 Å². The molecule has 1 amide bonds. The Labute approximate surface area is 119 Å². The molecule has 1 fully saturated rings. The van der Waals surface area contributed by atoms with Crippen LogP contribution < -0.4 is 10.4 Å². The number of nitrogens with one attached hydrogen (secondary N) is 1. The second kappa shape index (κ2) is 6.29. The van der Waals surface area contributed by atoms with Crippen molar-refractivity contribution in [2.45, 2.75) is 18.6 Å². The number of aliphatic carboxylic acids is 1. The van der Waals surface area contributed by atoms with Crippen LogP contribution in [-0.4, -0.2) is 33.0 Å². The molecule has 2 heterocycles. The van der Waals surface area contributed by atoms with Gasteiger partial charge in [-0.15, -0.1) is 5.10 Å². The summed E-state index contributed by atoms with van der Waals surface area (Å²) in [6, 6.07) is 5.41. The number of carboxylic acids is 1. The van der Waals surface area contributed by atoms with E-state index in [2.05, 4.69) is 20.5 Å². The third kappa shape index (κ3) is 3.64. The van der Waals surface area contributed by atoms with Gasteiger partial charge in [0.15, 0.2) is 5.17 Å². The molecule has 0 unspecified atom stereocenters. The summed E-state index contributed by atoms with van der Waals surface area (Å²) in [4.78, 5) is 26.1. The van der Waals surface area contributed by atoms with Gasteiger partial charge in [0.25, 0.3) is 0 Å². The average Bonchev–Trinajstić information content (AvgIpc) is 2.77. The van der Waals surface area contributed by atoms with Crippen LogP contribution in [0.1, 0.15) is 19.0 Å². The Morgan fingerprint density at radius 3 is 3.00 bits per heavy atom. The Morgan fingerprint density at radius 1 is 1.55 bits per heavy atom. The maximum absolute atomic E-state index is 11.5. The van der Waals surface area contributed by atoms with Crippen molar-refractivity contribution in [1.29, 1.82) is 0 Å². The molecular weight excluding hydrogens is 280 g/mol. The molecule has 0 radical (unpaired) electrons. The summed E-state index contributed by atoms with van der Waals surface area (Å²) in [7, 11) is 0. The van der Waals surface area contributed by atoms with Crippen LogP contribution in [0, 0.1) is 0 Å². The zero-order valence-corrected chi connectivity index (χ0v) is 11.4. The largest absolute Gasteiger partial charge is 0.550 e. The monoisotopic (exact) mass is 291 g/mol. The van der Waals surface area contributed by atoms with Gasteiger partial charge in [-0.05, 0) is 19.1 Å². The molecule has 1 atom stereocenters. The number of carboxylic acid groups (broad SMARTS) is 1. The standard InChI is InChI=1S/C12H12N4O3S/c1-7(8-4-2-3-5-13-8)15-16-12-14-11(19)9(20-12)6-10(17)18/h2-5,9H,6H2,1H3,(H,17,18)(H,14,16,19)/p-1/t9-/m0/s1. The minimum atomic E-state index is -1.27. The van der Waals surface area contributed by atoms with Crippen LogP contribution in [0.3, 0.4) is 0 Å². The lowest BCUT2D eigenvalue weighted by Gasteiger charge is -2.04. The van der Waals surface area contributed by atoms with Gasteiger partial charge in [-0.1, -0.05) is 17.8 Å². The Kier molecular flexibility index (Phi) is 4.46. The molecule has 0 aliphatic carbocycles. The number of pyridine rings is 1. The highest BCUT2D eigenvalue weighted by Gasteiger charge is 2.30. The molecule has 1 aromatic rings. The van der Waals surface area contributed by atoms with E-state index in [-0.39, 0.29) is 11.6 Å². The normalized spacial score (nSPS) is 21.1. The summed E-state index contributed by atoms with van der Waals surface area (Å²) in [5.41, 5.74) is 1.27. The molecule has 0 saturated carbocycles. The van der Waals surface area contributed by atoms with Crippen molar-refractivity contribution in [3.05, 3.63) is 30.1 Å². The zero-order valence-electron chi connectivity index (χ0n) is 10.6. The fourth-order valence-corrected chi connectivity index (χ4v) is 2.39. The van der Waals surface area contributed by atoms with E-state index < -0.39 is 17.1 Å². The fraction of sp³-hybridized carbons (Fsp3) is 0.250. The maximum Gasteiger partial charge on any atom is 0.239 e. The van der Waals surface area contributed by atoms with Gasteiger partial charge in [-0.2, -0.15) is 5.10 Å². The van der Waals surface area contributed by atoms with E-state index in [4.69, 9.17) is 0 Å². The lowest BCUT2D eigenvalue weighted by atomic mass is 10.3. The molecule has 1 saturated heterocycles. The highest BCUT2D eigenvalue weighted by molar-refractivity contribution is 8.15. The van der Waals surface area contributed by atoms with E-state index in [1.54, 1.807) is 25.3 Å². The van der Waals surface area contributed by atoms with E-state index in [9.17, 15) is 14.7 Å². The topological polar surface area (TPSA) is 107 Å². The molecule has 104 valence electrons. The van der Waals surface area contributed by atoms with Gasteiger partial charge in [0.2, 0.25) is 5.91 Å². The lowest BCUT2D eigenvalue weighted by Crippen LogP contribution is -2.31. The third-order valence-electron chi connectivity index (χ3n) is 2.45. The number of hydrogen-bond acceptors (Lipinski definition) is 7. The van der Waals surface area contributed by atoms with Crippen LogP contribution in [0.15, 0.2) is 34.6 Å². The first-order chi connectivity index (χ1) is 9.56. The number of amidine groups is 1. The number of carbonyl (C=O) groups is 2. The first-order valence-corrected chi connectivity index (χ1v) is 6.65. The van der Waals surface area contributed by atoms with Crippen molar-refractivity contribution in [2.75, 3.05) is 0 Å². The first kappa shape index (κ1) is 14.2. The molecule has 7 nitrogen and oxygen atoms in total. The lowest BCUT2D eigenvalue weighted by molar-refractivity contribution is -0.305. The van der Waals surface area contributed by atoms with Gasteiger partial charge in [0.05, 0.1) is 16.7 Å². The molecule has 8 heteroatoms. The molecule has 1 aliphatic heterocycles. The number of thioether (sulfide) groups is 1. The molecule has 1 aromatic heterocycles. The number of amides is 1. The van der Waals surface area contributed by atoms with Crippen LogP contribution in [0.2, 0.25) is 0 Å². The molecule has 1 aliphatic rings. The van der Waals surface area contributed by atoms with Crippen LogP contribution in [0.25, 0.3) is 0 Å². The fourth-order valence-electron chi connectivity index (χ4n) is 1.49. The summed E-state index contributed by atoms with van der Waals surface area (Å²) in [5, 5.41) is 20.4. The van der Waals surface area contributed by atoms with E-state index in [0.29, 0.717) is 11.4 Å². The smallest absolute Gasteiger partial charge is 0.239 e. The summed E-state index contributed by atoms with van der Waals surface area (Å²) in [6.07, 6.45) is 1.29. The van der Waals surface area contributed by atoms with Gasteiger partial charge < -0.3 is 15.2 Å². The highest BCUT2D eigenvalue weighted by Crippen LogP contribution is 2.22. The minimum Gasteiger partial charge on any atom is -0.550 e. The Morgan fingerprint density at radius 2 is 2.35 bits per heavy atom. The van der Waals surface area contributed by atoms with Crippen molar-refractivity contribution >= 4 is 34.5 Å². The molecule has 0 spiro atoms. The van der Waals surface area contributed by atoms with Gasteiger partial charge in [0, 0.05) is 18.6 Å². The van der Waals surface area contributed by atoms with Crippen molar-refractivity contribution < 1.29 is 14.7 Å². The van der Waals surface area contributed by atoms with Crippen LogP contribution in [0.5, 0.6) is 0 Å². The number of carbonyl (C=O) groups excluding carboxylic acids is 2. The van der Waals surface area contributed by atoms with E-state index >= 15 is 0 Å². The van der Waals surface area contributed by atoms with Crippen molar-refractivity contribution in [1.82, 2.24) is 10.3 Å². The van der Waals surface area contributed by atoms with Gasteiger partial charge in [-0.25, -0.2) is 0 Å². The highest BCUT2D eigenvalue weighted by atomic mass is 32.2. The molecular formula is C12H11N4O3S-. The van der Waals surface area contributed by atoms with E-state index in [1.165, 1.54) is 0 Å². The first-order valence-electron chi connectivity index (χ1n) is 5.77. The maximum atomic E-state index is 11.5. The summed E-state index contributed by atoms with van der Waals surface area (Å²) >= 11 is 1.03. The quantitative estimate of drug-likeness (QED) is 0.596. The molecule has 0 bridgehead atoms. The van der Waals surface area contributed by atoms with Crippen LogP contribution in [0.4, 0.5) is 0 Å². The van der Waals surface area contributed by atoms with E-state index in [1.807, 2.05) is 6.07 Å². The second-order valence-electron chi connectivity index (χ2n) is 3.98. The molecule has 20 heavy (non-hydrogen) atoms. The zero-order chi connectivity index (χ0) is 14.5. The number of aromatic nitrogens is 1. The van der Waals surface area contributed by atoms with Crippen LogP contribution >= 0.6 is 11.8 Å². The predicted molar refractivity (Wildman–Crippen MR) is 73.0 cm³/mol. The average molecular weight is 291 g/mol.